The van der Waals surface area contributed by atoms with Gasteiger partial charge in [0.15, 0.2) is 0 Å². The van der Waals surface area contributed by atoms with Crippen LogP contribution < -0.4 is 15.6 Å². The third-order valence-electron chi connectivity index (χ3n) is 7.57. The summed E-state index contributed by atoms with van der Waals surface area (Å²) in [4.78, 5) is 22.5. The lowest BCUT2D eigenvalue weighted by Crippen LogP contribution is -2.28. The molecule has 0 aromatic heterocycles. The van der Waals surface area contributed by atoms with Gasteiger partial charge in [0.2, 0.25) is 0 Å². The van der Waals surface area contributed by atoms with Crippen LogP contribution in [-0.4, -0.2) is 63.5 Å². The molecule has 1 heterocycles. The lowest BCUT2D eigenvalue weighted by molar-refractivity contribution is 0.0511. The molecule has 0 saturated carbocycles. The lowest BCUT2D eigenvalue weighted by atomic mass is 9.90. The molecule has 11 heteroatoms. The van der Waals surface area contributed by atoms with E-state index in [-0.39, 0.29) is 12.5 Å². The zero-order valence-corrected chi connectivity index (χ0v) is 27.1. The second-order valence-electron chi connectivity index (χ2n) is 10.6. The summed E-state index contributed by atoms with van der Waals surface area (Å²) in [6, 6.07) is 19.7. The van der Waals surface area contributed by atoms with Crippen molar-refractivity contribution in [2.75, 3.05) is 57.5 Å². The van der Waals surface area contributed by atoms with E-state index in [0.717, 1.165) is 46.2 Å². The summed E-state index contributed by atoms with van der Waals surface area (Å²) in [6.07, 6.45) is 0.681. The quantitative estimate of drug-likeness (QED) is 0.0262. The number of carbonyl (C=O) groups is 1. The van der Waals surface area contributed by atoms with Crippen LogP contribution >= 0.6 is 11.6 Å². The van der Waals surface area contributed by atoms with Crippen molar-refractivity contribution in [1.29, 1.82) is 0 Å². The van der Waals surface area contributed by atoms with Gasteiger partial charge in [-0.1, -0.05) is 41.8 Å². The van der Waals surface area contributed by atoms with Crippen molar-refractivity contribution < 1.29 is 18.7 Å². The van der Waals surface area contributed by atoms with Crippen LogP contribution in [0.15, 0.2) is 75.2 Å². The summed E-state index contributed by atoms with van der Waals surface area (Å²) in [7, 11) is 0. The average Bonchev–Trinajstić information content (AvgIpc) is 3.04. The van der Waals surface area contributed by atoms with Gasteiger partial charge in [-0.05, 0) is 68.6 Å². The molecule has 0 fully saturated rings. The number of azide groups is 1. The van der Waals surface area contributed by atoms with Crippen molar-refractivity contribution in [2.24, 2.45) is 10.1 Å². The van der Waals surface area contributed by atoms with Crippen molar-refractivity contribution in [3.63, 3.8) is 0 Å². The molecule has 45 heavy (non-hydrogen) atoms. The van der Waals surface area contributed by atoms with Crippen molar-refractivity contribution >= 4 is 34.2 Å². The Balaban J connectivity index is 1.68. The van der Waals surface area contributed by atoms with Crippen LogP contribution in [0.4, 0.5) is 5.69 Å². The number of amides is 1. The highest BCUT2D eigenvalue weighted by Crippen LogP contribution is 2.42. The molecule has 1 N–H and O–H groups in total. The Labute approximate surface area is 269 Å². The van der Waals surface area contributed by atoms with Crippen molar-refractivity contribution in [1.82, 2.24) is 5.32 Å². The fraction of sp³-hybridized carbons (Fsp3) is 0.412. The summed E-state index contributed by atoms with van der Waals surface area (Å²) in [6.45, 7) is 11.9. The summed E-state index contributed by atoms with van der Waals surface area (Å²) in [5.41, 5.74) is 13.2. The Bertz CT molecular complexity index is 1680. The van der Waals surface area contributed by atoms with Crippen LogP contribution in [0.2, 0.25) is 0 Å². The van der Waals surface area contributed by atoms with Gasteiger partial charge in [0.1, 0.15) is 16.3 Å². The number of halogens is 1. The van der Waals surface area contributed by atoms with E-state index in [1.165, 1.54) is 0 Å². The third-order valence-corrected chi connectivity index (χ3v) is 7.92. The van der Waals surface area contributed by atoms with E-state index in [2.05, 4.69) is 52.3 Å². The minimum atomic E-state index is -0.724. The molecule has 238 valence electrons. The first-order chi connectivity index (χ1) is 21.8. The number of anilines is 1. The van der Waals surface area contributed by atoms with E-state index in [1.807, 2.05) is 56.3 Å². The van der Waals surface area contributed by atoms with Gasteiger partial charge in [-0.2, -0.15) is 0 Å². The number of hydrogen-bond donors (Lipinski definition) is 1. The van der Waals surface area contributed by atoms with Crippen molar-refractivity contribution in [3.8, 4) is 22.5 Å². The van der Waals surface area contributed by atoms with Gasteiger partial charge >= 0.3 is 0 Å². The van der Waals surface area contributed by atoms with Crippen molar-refractivity contribution in [3.05, 3.63) is 82.0 Å². The standard InChI is InChI=1S/C34H41ClN6O4/c1-5-34(4,35)39-24-12-14-28-30(22-24)45-31-23-25(41(6-2)7-3)13-15-29(31)32(28)26-10-8-9-11-27(26)33(42)37-16-18-43-20-21-44-19-17-38-40-36/h8-15,22-23H,5-7,16-21H2,1-4H3,(H,37,42). The normalized spacial score (nSPS) is 13.0. The first-order valence-corrected chi connectivity index (χ1v) is 15.7. The highest BCUT2D eigenvalue weighted by Gasteiger charge is 2.22. The maximum atomic E-state index is 13.5. The minimum absolute atomic E-state index is 0.200. The summed E-state index contributed by atoms with van der Waals surface area (Å²) >= 11 is 6.60. The molecule has 1 atom stereocenters. The molecule has 0 spiro atoms. The predicted molar refractivity (Wildman–Crippen MR) is 180 cm³/mol. The Hall–Kier alpha value is -4.08. The molecule has 0 bridgehead atoms. The minimum Gasteiger partial charge on any atom is -0.456 e. The SMILES string of the molecule is CCN(CC)c1ccc2c(-c3ccccc3C(=O)NCCOCCOCCN=[N+]=[N-])c3ccc(=NC(C)(Cl)CC)cc-3oc2c1. The fourth-order valence-corrected chi connectivity index (χ4v) is 5.16. The lowest BCUT2D eigenvalue weighted by Gasteiger charge is -2.23. The van der Waals surface area contributed by atoms with Gasteiger partial charge in [0, 0.05) is 71.0 Å². The zero-order chi connectivity index (χ0) is 32.2. The summed E-state index contributed by atoms with van der Waals surface area (Å²) in [5.74, 6) is 0.457. The topological polar surface area (TPSA) is 125 Å². The highest BCUT2D eigenvalue weighted by molar-refractivity contribution is 6.23. The molecule has 2 aromatic carbocycles. The maximum Gasteiger partial charge on any atom is 0.251 e. The molecular formula is C34H41ClN6O4. The first-order valence-electron chi connectivity index (χ1n) is 15.4. The average molecular weight is 633 g/mol. The number of hydrogen-bond acceptors (Lipinski definition) is 7. The zero-order valence-electron chi connectivity index (χ0n) is 26.4. The van der Waals surface area contributed by atoms with Crippen molar-refractivity contribution in [2.45, 2.75) is 39.1 Å². The molecule has 1 aliphatic heterocycles. The third kappa shape index (κ3) is 8.77. The molecule has 4 rings (SSSR count). The van der Waals surface area contributed by atoms with E-state index < -0.39 is 5.00 Å². The number of fused-ring (bicyclic) bond motifs is 2. The molecule has 0 radical (unpaired) electrons. The molecule has 2 aromatic rings. The van der Waals surface area contributed by atoms with Gasteiger partial charge in [-0.15, -0.1) is 0 Å². The van der Waals surface area contributed by atoms with Crippen LogP contribution in [0.3, 0.4) is 0 Å². The van der Waals surface area contributed by atoms with Crippen LogP contribution in [0.5, 0.6) is 0 Å². The van der Waals surface area contributed by atoms with Crippen LogP contribution in [0.25, 0.3) is 43.9 Å². The van der Waals surface area contributed by atoms with E-state index in [4.69, 9.17) is 36.0 Å². The monoisotopic (exact) mass is 632 g/mol. The fourth-order valence-electron chi connectivity index (χ4n) is 5.06. The van der Waals surface area contributed by atoms with Crippen LogP contribution in [0, 0.1) is 0 Å². The Morgan fingerprint density at radius 3 is 2.49 bits per heavy atom. The summed E-state index contributed by atoms with van der Waals surface area (Å²) in [5, 5.41) is 8.03. The molecule has 0 saturated heterocycles. The number of nitrogens with zero attached hydrogens (tertiary/aromatic N) is 5. The van der Waals surface area contributed by atoms with Gasteiger partial charge in [-0.3, -0.25) is 9.79 Å². The molecular weight excluding hydrogens is 592 g/mol. The second kappa shape index (κ2) is 16.3. The van der Waals surface area contributed by atoms with E-state index in [1.54, 1.807) is 0 Å². The van der Waals surface area contributed by atoms with Gasteiger partial charge in [0.05, 0.1) is 31.8 Å². The van der Waals surface area contributed by atoms with E-state index >= 15 is 0 Å². The van der Waals surface area contributed by atoms with Crippen LogP contribution in [-0.2, 0) is 9.47 Å². The van der Waals surface area contributed by atoms with Gasteiger partial charge in [-0.25, -0.2) is 0 Å². The van der Waals surface area contributed by atoms with E-state index in [0.29, 0.717) is 56.3 Å². The number of ether oxygens (including phenoxy) is 2. The Morgan fingerprint density at radius 1 is 1.00 bits per heavy atom. The van der Waals surface area contributed by atoms with E-state index in [9.17, 15) is 4.79 Å². The first kappa shape index (κ1) is 33.8. The number of benzene rings is 3. The maximum absolute atomic E-state index is 13.5. The Morgan fingerprint density at radius 2 is 1.76 bits per heavy atom. The van der Waals surface area contributed by atoms with Crippen LogP contribution in [0.1, 0.15) is 44.5 Å². The van der Waals surface area contributed by atoms with Gasteiger partial charge < -0.3 is 24.1 Å². The molecule has 1 amide bonds. The van der Waals surface area contributed by atoms with Gasteiger partial charge in [0.25, 0.3) is 5.91 Å². The second-order valence-corrected chi connectivity index (χ2v) is 11.4. The number of carbonyl (C=O) groups excluding carboxylic acids is 1. The smallest absolute Gasteiger partial charge is 0.251 e. The predicted octanol–water partition coefficient (Wildman–Crippen LogP) is 7.39. The number of alkyl halides is 1. The highest BCUT2D eigenvalue weighted by atomic mass is 35.5. The molecule has 1 aliphatic carbocycles. The molecule has 2 aliphatic rings. The molecule has 1 unspecified atom stereocenters. The summed E-state index contributed by atoms with van der Waals surface area (Å²) < 4.78 is 17.5. The Kier molecular flexibility index (Phi) is 12.2. The molecule has 10 nitrogen and oxygen atoms in total. The largest absolute Gasteiger partial charge is 0.456 e. The number of nitrogens with one attached hydrogen (secondary N) is 1. The number of rotatable bonds is 16.